The zero-order valence-corrected chi connectivity index (χ0v) is 12.4. The van der Waals surface area contributed by atoms with Gasteiger partial charge in [-0.15, -0.1) is 11.3 Å². The van der Waals surface area contributed by atoms with Gasteiger partial charge in [-0.2, -0.15) is 0 Å². The molecule has 0 bridgehead atoms. The van der Waals surface area contributed by atoms with Crippen LogP contribution in [0.4, 0.5) is 0 Å². The van der Waals surface area contributed by atoms with E-state index in [1.807, 2.05) is 20.8 Å². The molecule has 0 amide bonds. The first-order chi connectivity index (χ1) is 7.68. The maximum Gasteiger partial charge on any atom is 0.243 e. The molecule has 0 saturated carbocycles. The number of thiophene rings is 1. The predicted octanol–water partition coefficient (Wildman–Crippen LogP) is 1.87. The highest BCUT2D eigenvalue weighted by Gasteiger charge is 2.27. The topological polar surface area (TPSA) is 63.4 Å². The van der Waals surface area contributed by atoms with Crippen LogP contribution in [0.3, 0.4) is 0 Å². The van der Waals surface area contributed by atoms with Crippen molar-refractivity contribution in [2.75, 3.05) is 13.6 Å². The molecule has 0 aliphatic carbocycles. The maximum absolute atomic E-state index is 12.3. The van der Waals surface area contributed by atoms with E-state index in [0.29, 0.717) is 16.3 Å². The third kappa shape index (κ3) is 3.51. The summed E-state index contributed by atoms with van der Waals surface area (Å²) in [6.45, 7) is 6.77. The van der Waals surface area contributed by atoms with Crippen molar-refractivity contribution in [3.8, 4) is 0 Å². The summed E-state index contributed by atoms with van der Waals surface area (Å²) in [7, 11) is -1.80. The van der Waals surface area contributed by atoms with Gasteiger partial charge < -0.3 is 5.73 Å². The molecule has 0 aromatic carbocycles. The molecule has 2 N–H and O–H groups in total. The fraction of sp³-hybridized carbons (Fsp3) is 0.636. The molecule has 0 aliphatic heterocycles. The number of hydrogen-bond donors (Lipinski definition) is 1. The van der Waals surface area contributed by atoms with Gasteiger partial charge in [-0.05, 0) is 16.9 Å². The molecule has 1 rings (SSSR count). The third-order valence-corrected chi connectivity index (χ3v) is 5.24. The summed E-state index contributed by atoms with van der Waals surface area (Å²) >= 11 is 1.38. The van der Waals surface area contributed by atoms with Crippen LogP contribution in [0.5, 0.6) is 0 Å². The van der Waals surface area contributed by atoms with Crippen LogP contribution in [0.2, 0.25) is 0 Å². The Morgan fingerprint density at radius 1 is 1.41 bits per heavy atom. The highest BCUT2D eigenvalue weighted by atomic mass is 32.2. The molecule has 0 atom stereocenters. The first-order valence-electron chi connectivity index (χ1n) is 5.41. The number of nitrogens with two attached hydrogens (primary N) is 1. The molecule has 17 heavy (non-hydrogen) atoms. The molecule has 6 heteroatoms. The molecule has 0 aliphatic rings. The predicted molar refractivity (Wildman–Crippen MR) is 71.5 cm³/mol. The summed E-state index contributed by atoms with van der Waals surface area (Å²) in [5.41, 5.74) is 5.48. The number of sulfonamides is 1. The van der Waals surface area contributed by atoms with Crippen molar-refractivity contribution >= 4 is 21.4 Å². The minimum Gasteiger partial charge on any atom is -0.326 e. The monoisotopic (exact) mass is 276 g/mol. The van der Waals surface area contributed by atoms with E-state index in [4.69, 9.17) is 5.73 Å². The van der Waals surface area contributed by atoms with Crippen LogP contribution in [0, 0.1) is 5.41 Å². The zero-order chi connectivity index (χ0) is 13.3. The summed E-state index contributed by atoms with van der Waals surface area (Å²) in [4.78, 5) is 1.06. The molecule has 0 saturated heterocycles. The van der Waals surface area contributed by atoms with E-state index >= 15 is 0 Å². The average Bonchev–Trinajstić information content (AvgIpc) is 2.62. The molecule has 0 fully saturated rings. The van der Waals surface area contributed by atoms with E-state index in [0.717, 1.165) is 0 Å². The second-order valence-electron chi connectivity index (χ2n) is 5.23. The lowest BCUT2D eigenvalue weighted by Crippen LogP contribution is -2.34. The molecular formula is C11H20N2O2S2. The van der Waals surface area contributed by atoms with Crippen LogP contribution in [-0.4, -0.2) is 26.3 Å². The normalized spacial score (nSPS) is 13.3. The Hall–Kier alpha value is -0.430. The molecule has 1 aromatic rings. The lowest BCUT2D eigenvalue weighted by Gasteiger charge is -2.26. The largest absolute Gasteiger partial charge is 0.326 e. The third-order valence-electron chi connectivity index (χ3n) is 2.28. The van der Waals surface area contributed by atoms with E-state index in [-0.39, 0.29) is 12.0 Å². The standard InChI is InChI=1S/C11H20N2O2S2/c1-11(2,3)8-13(4)17(14,15)10-5-6-16-9(10)7-12/h5-6H,7-8,12H2,1-4H3. The van der Waals surface area contributed by atoms with Crippen LogP contribution in [-0.2, 0) is 16.6 Å². The SMILES string of the molecule is CN(CC(C)(C)C)S(=O)(=O)c1ccsc1CN. The molecule has 0 unspecified atom stereocenters. The molecule has 98 valence electrons. The molecule has 4 nitrogen and oxygen atoms in total. The smallest absolute Gasteiger partial charge is 0.243 e. The van der Waals surface area contributed by atoms with Gasteiger partial charge in [0.2, 0.25) is 10.0 Å². The number of nitrogens with zero attached hydrogens (tertiary/aromatic N) is 1. The van der Waals surface area contributed by atoms with E-state index in [1.54, 1.807) is 18.5 Å². The van der Waals surface area contributed by atoms with Gasteiger partial charge in [-0.25, -0.2) is 12.7 Å². The van der Waals surface area contributed by atoms with Crippen molar-refractivity contribution in [3.63, 3.8) is 0 Å². The van der Waals surface area contributed by atoms with Gasteiger partial charge in [0.25, 0.3) is 0 Å². The molecule has 0 radical (unpaired) electrons. The molecular weight excluding hydrogens is 256 g/mol. The number of hydrogen-bond acceptors (Lipinski definition) is 4. The molecule has 1 heterocycles. The van der Waals surface area contributed by atoms with E-state index in [9.17, 15) is 8.42 Å². The Labute approximate surface area is 107 Å². The van der Waals surface area contributed by atoms with Crippen LogP contribution >= 0.6 is 11.3 Å². The Kier molecular flexibility index (Phi) is 4.35. The van der Waals surface area contributed by atoms with Gasteiger partial charge in [0.15, 0.2) is 0 Å². The van der Waals surface area contributed by atoms with Crippen molar-refractivity contribution in [2.45, 2.75) is 32.2 Å². The van der Waals surface area contributed by atoms with Gasteiger partial charge in [0.1, 0.15) is 0 Å². The minimum absolute atomic E-state index is 0.0687. The fourth-order valence-electron chi connectivity index (χ4n) is 1.63. The summed E-state index contributed by atoms with van der Waals surface area (Å²) in [6, 6.07) is 1.63. The van der Waals surface area contributed by atoms with Crippen LogP contribution in [0.1, 0.15) is 25.6 Å². The van der Waals surface area contributed by atoms with Gasteiger partial charge in [0, 0.05) is 25.0 Å². The van der Waals surface area contributed by atoms with Crippen molar-refractivity contribution in [1.29, 1.82) is 0 Å². The maximum atomic E-state index is 12.3. The fourth-order valence-corrected chi connectivity index (χ4v) is 4.33. The lowest BCUT2D eigenvalue weighted by atomic mass is 9.97. The lowest BCUT2D eigenvalue weighted by molar-refractivity contribution is 0.310. The van der Waals surface area contributed by atoms with E-state index in [2.05, 4.69) is 0 Å². The molecule has 0 spiro atoms. The average molecular weight is 276 g/mol. The van der Waals surface area contributed by atoms with Gasteiger partial charge in [-0.3, -0.25) is 0 Å². The summed E-state index contributed by atoms with van der Waals surface area (Å²) in [5.74, 6) is 0. The van der Waals surface area contributed by atoms with Crippen LogP contribution in [0.25, 0.3) is 0 Å². The van der Waals surface area contributed by atoms with Gasteiger partial charge in [-0.1, -0.05) is 20.8 Å². The van der Waals surface area contributed by atoms with Gasteiger partial charge >= 0.3 is 0 Å². The zero-order valence-electron chi connectivity index (χ0n) is 10.7. The Bertz CT molecular complexity index is 472. The minimum atomic E-state index is -3.41. The Morgan fingerprint density at radius 3 is 2.47 bits per heavy atom. The Balaban J connectivity index is 3.04. The number of rotatable bonds is 4. The van der Waals surface area contributed by atoms with Crippen molar-refractivity contribution < 1.29 is 8.42 Å². The highest BCUT2D eigenvalue weighted by molar-refractivity contribution is 7.89. The van der Waals surface area contributed by atoms with Crippen molar-refractivity contribution in [3.05, 3.63) is 16.3 Å². The van der Waals surface area contributed by atoms with Crippen molar-refractivity contribution in [1.82, 2.24) is 4.31 Å². The Morgan fingerprint density at radius 2 is 2.00 bits per heavy atom. The highest BCUT2D eigenvalue weighted by Crippen LogP contribution is 2.26. The first kappa shape index (κ1) is 14.6. The van der Waals surface area contributed by atoms with E-state index in [1.165, 1.54) is 15.6 Å². The van der Waals surface area contributed by atoms with Crippen LogP contribution < -0.4 is 5.73 Å². The van der Waals surface area contributed by atoms with E-state index < -0.39 is 10.0 Å². The molecule has 1 aromatic heterocycles. The summed E-state index contributed by atoms with van der Waals surface area (Å²) in [6.07, 6.45) is 0. The quantitative estimate of drug-likeness (QED) is 0.913. The van der Waals surface area contributed by atoms with Crippen LogP contribution in [0.15, 0.2) is 16.3 Å². The second kappa shape index (κ2) is 5.06. The van der Waals surface area contributed by atoms with Gasteiger partial charge in [0.05, 0.1) is 4.90 Å². The van der Waals surface area contributed by atoms with Crippen molar-refractivity contribution in [2.24, 2.45) is 11.1 Å². The summed E-state index contributed by atoms with van der Waals surface area (Å²) in [5, 5.41) is 1.76. The second-order valence-corrected chi connectivity index (χ2v) is 8.25. The summed E-state index contributed by atoms with van der Waals surface area (Å²) < 4.78 is 26.1. The first-order valence-corrected chi connectivity index (χ1v) is 7.73.